The van der Waals surface area contributed by atoms with Gasteiger partial charge in [-0.1, -0.05) is 0 Å². The zero-order chi connectivity index (χ0) is 25.6. The van der Waals surface area contributed by atoms with Gasteiger partial charge in [-0.05, 0) is 26.0 Å². The number of hydrogen-bond donors (Lipinski definition) is 2. The number of rotatable bonds is 7. The Labute approximate surface area is 206 Å². The molecular formula is C24H25N5O7. The van der Waals surface area contributed by atoms with E-state index >= 15 is 0 Å². The summed E-state index contributed by atoms with van der Waals surface area (Å²) in [5.74, 6) is -0.404. The van der Waals surface area contributed by atoms with Gasteiger partial charge in [-0.25, -0.2) is 14.8 Å². The molecule has 2 aliphatic rings. The van der Waals surface area contributed by atoms with Gasteiger partial charge in [0.15, 0.2) is 18.1 Å². The second-order valence-corrected chi connectivity index (χ2v) is 8.86. The van der Waals surface area contributed by atoms with Crippen LogP contribution >= 0.6 is 0 Å². The first-order chi connectivity index (χ1) is 17.3. The molecule has 0 bridgehead atoms. The van der Waals surface area contributed by atoms with Crippen molar-refractivity contribution in [1.82, 2.24) is 14.5 Å². The fourth-order valence-electron chi connectivity index (χ4n) is 4.67. The molecule has 1 aromatic carbocycles. The molecule has 0 radical (unpaired) electrons. The summed E-state index contributed by atoms with van der Waals surface area (Å²) in [5.41, 5.74) is 1.55. The lowest BCUT2D eigenvalue weighted by Gasteiger charge is -2.24. The van der Waals surface area contributed by atoms with E-state index in [1.807, 2.05) is 12.1 Å². The van der Waals surface area contributed by atoms with E-state index < -0.39 is 36.3 Å². The molecule has 2 fully saturated rings. The minimum atomic E-state index is -1.23. The Morgan fingerprint density at radius 2 is 2.03 bits per heavy atom. The molecule has 4 atom stereocenters. The summed E-state index contributed by atoms with van der Waals surface area (Å²) >= 11 is 0. The molecule has 36 heavy (non-hydrogen) atoms. The average Bonchev–Trinajstić information content (AvgIpc) is 3.50. The lowest BCUT2D eigenvalue weighted by molar-refractivity contribution is -0.202. The molecule has 0 saturated carbocycles. The molecule has 2 aromatic heterocycles. The van der Waals surface area contributed by atoms with Gasteiger partial charge in [0.1, 0.15) is 47.6 Å². The summed E-state index contributed by atoms with van der Waals surface area (Å²) in [6, 6.07) is 7.65. The Morgan fingerprint density at radius 1 is 1.25 bits per heavy atom. The summed E-state index contributed by atoms with van der Waals surface area (Å²) in [5, 5.41) is 23.3. The number of carboxylic acid groups (broad SMARTS) is 1. The largest absolute Gasteiger partial charge is 0.497 e. The number of methoxy groups -OCH3 is 2. The molecule has 0 aliphatic carbocycles. The van der Waals surface area contributed by atoms with E-state index in [2.05, 4.69) is 21.4 Å². The topological polar surface area (TPSA) is 150 Å². The molecule has 5 rings (SSSR count). The number of carbonyl (C=O) groups is 1. The molecular weight excluding hydrogens is 470 g/mol. The Morgan fingerprint density at radius 3 is 2.72 bits per heavy atom. The van der Waals surface area contributed by atoms with Crippen LogP contribution in [0.5, 0.6) is 11.5 Å². The van der Waals surface area contributed by atoms with Crippen molar-refractivity contribution < 1.29 is 33.6 Å². The predicted molar refractivity (Wildman–Crippen MR) is 124 cm³/mol. The van der Waals surface area contributed by atoms with Crippen molar-refractivity contribution in [2.75, 3.05) is 19.5 Å². The van der Waals surface area contributed by atoms with Crippen molar-refractivity contribution in [3.05, 3.63) is 41.9 Å². The third kappa shape index (κ3) is 3.97. The van der Waals surface area contributed by atoms with E-state index in [-0.39, 0.29) is 0 Å². The molecule has 3 aromatic rings. The van der Waals surface area contributed by atoms with Crippen LogP contribution in [0.3, 0.4) is 0 Å². The predicted octanol–water partition coefficient (Wildman–Crippen LogP) is 2.43. The normalized spacial score (nSPS) is 24.3. The van der Waals surface area contributed by atoms with Crippen LogP contribution in [0.1, 0.15) is 31.2 Å². The fourth-order valence-corrected chi connectivity index (χ4v) is 4.67. The molecule has 0 amide bonds. The van der Waals surface area contributed by atoms with E-state index in [9.17, 15) is 15.2 Å². The highest BCUT2D eigenvalue weighted by atomic mass is 16.8. The van der Waals surface area contributed by atoms with Crippen molar-refractivity contribution in [3.8, 4) is 17.6 Å². The minimum absolute atomic E-state index is 0.298. The molecule has 12 nitrogen and oxygen atoms in total. The maximum absolute atomic E-state index is 11.8. The van der Waals surface area contributed by atoms with Gasteiger partial charge in [0, 0.05) is 24.4 Å². The van der Waals surface area contributed by atoms with Crippen LogP contribution in [-0.4, -0.2) is 63.9 Å². The first kappa shape index (κ1) is 23.8. The Hall–Kier alpha value is -3.92. The van der Waals surface area contributed by atoms with Crippen LogP contribution in [0.15, 0.2) is 30.7 Å². The summed E-state index contributed by atoms with van der Waals surface area (Å²) < 4.78 is 30.0. The Bertz CT molecular complexity index is 1360. The van der Waals surface area contributed by atoms with Gasteiger partial charge in [0.2, 0.25) is 0 Å². The lowest BCUT2D eigenvalue weighted by Crippen LogP contribution is -2.35. The van der Waals surface area contributed by atoms with Crippen molar-refractivity contribution in [1.29, 1.82) is 5.26 Å². The molecule has 0 spiro atoms. The minimum Gasteiger partial charge on any atom is -0.497 e. The molecule has 188 valence electrons. The van der Waals surface area contributed by atoms with Crippen LogP contribution in [-0.2, 0) is 25.5 Å². The van der Waals surface area contributed by atoms with E-state index in [1.54, 1.807) is 44.9 Å². The van der Waals surface area contributed by atoms with Crippen LogP contribution in [0, 0.1) is 11.3 Å². The van der Waals surface area contributed by atoms with E-state index in [0.717, 1.165) is 5.56 Å². The first-order valence-electron chi connectivity index (χ1n) is 11.2. The molecule has 2 saturated heterocycles. The summed E-state index contributed by atoms with van der Waals surface area (Å²) in [6.07, 6.45) is -0.687. The summed E-state index contributed by atoms with van der Waals surface area (Å²) in [4.78, 5) is 20.6. The first-order valence-corrected chi connectivity index (χ1v) is 11.2. The van der Waals surface area contributed by atoms with E-state index in [4.69, 9.17) is 23.7 Å². The van der Waals surface area contributed by atoms with E-state index in [0.29, 0.717) is 40.5 Å². The molecule has 2 N–H and O–H groups in total. The smallest absolute Gasteiger partial charge is 0.335 e. The standard InChI is InChI=1S/C24H25N5O7/c1-24(2)35-17-18(36-24)22(34-19(17)23(30)31)29-10-13(8-25)16-20(27-11-28-21(16)29)26-9-12-5-6-14(32-3)7-15(12)33-4/h5-7,10-11,17-19,22H,9H2,1-4H3,(H,30,31)(H,26,27,28)/t17-,18+,19-,22+/m0/s1. The molecule has 4 heterocycles. The number of benzene rings is 1. The highest BCUT2D eigenvalue weighted by molar-refractivity contribution is 5.93. The van der Waals surface area contributed by atoms with Crippen molar-refractivity contribution in [3.63, 3.8) is 0 Å². The Balaban J connectivity index is 1.51. The van der Waals surface area contributed by atoms with E-state index in [1.165, 1.54) is 6.33 Å². The maximum atomic E-state index is 11.8. The maximum Gasteiger partial charge on any atom is 0.335 e. The number of nitrogens with zero attached hydrogens (tertiary/aromatic N) is 4. The number of ether oxygens (including phenoxy) is 5. The third-order valence-electron chi connectivity index (χ3n) is 6.22. The number of anilines is 1. The SMILES string of the molecule is COc1ccc(CNc2ncnc3c2c(C#N)cn3[C@@H]2O[C@H](C(=O)O)[C@H]3OC(C)(C)O[C@H]32)c(OC)c1. The lowest BCUT2D eigenvalue weighted by atomic mass is 10.1. The van der Waals surface area contributed by atoms with Crippen LogP contribution in [0.4, 0.5) is 5.82 Å². The van der Waals surface area contributed by atoms with Crippen LogP contribution < -0.4 is 14.8 Å². The van der Waals surface area contributed by atoms with Crippen molar-refractivity contribution in [2.24, 2.45) is 0 Å². The van der Waals surface area contributed by atoms with Gasteiger partial charge < -0.3 is 38.7 Å². The molecule has 12 heteroatoms. The van der Waals surface area contributed by atoms with Crippen molar-refractivity contribution in [2.45, 2.75) is 50.7 Å². The van der Waals surface area contributed by atoms with Gasteiger partial charge >= 0.3 is 5.97 Å². The number of hydrogen-bond acceptors (Lipinski definition) is 10. The number of aliphatic carboxylic acids is 1. The zero-order valence-corrected chi connectivity index (χ0v) is 20.1. The number of aromatic nitrogens is 3. The van der Waals surface area contributed by atoms with Gasteiger partial charge in [-0.15, -0.1) is 0 Å². The van der Waals surface area contributed by atoms with Crippen LogP contribution in [0.25, 0.3) is 11.0 Å². The highest BCUT2D eigenvalue weighted by Gasteiger charge is 2.58. The summed E-state index contributed by atoms with van der Waals surface area (Å²) in [6.45, 7) is 3.78. The number of carboxylic acids is 1. The van der Waals surface area contributed by atoms with Gasteiger partial charge in [-0.2, -0.15) is 5.26 Å². The van der Waals surface area contributed by atoms with Crippen molar-refractivity contribution >= 4 is 22.8 Å². The van der Waals surface area contributed by atoms with Gasteiger partial charge in [-0.3, -0.25) is 0 Å². The number of fused-ring (bicyclic) bond motifs is 2. The quantitative estimate of drug-likeness (QED) is 0.497. The average molecular weight is 495 g/mol. The summed E-state index contributed by atoms with van der Waals surface area (Å²) in [7, 11) is 3.15. The second kappa shape index (κ2) is 8.94. The van der Waals surface area contributed by atoms with Gasteiger partial charge in [0.05, 0.1) is 25.2 Å². The molecule has 0 unspecified atom stereocenters. The van der Waals surface area contributed by atoms with Crippen LogP contribution in [0.2, 0.25) is 0 Å². The third-order valence-corrected chi connectivity index (χ3v) is 6.22. The number of nitrogens with one attached hydrogen (secondary N) is 1. The fraction of sp³-hybridized carbons (Fsp3) is 0.417. The monoisotopic (exact) mass is 495 g/mol. The molecule has 2 aliphatic heterocycles. The highest BCUT2D eigenvalue weighted by Crippen LogP contribution is 2.44. The van der Waals surface area contributed by atoms with Gasteiger partial charge in [0.25, 0.3) is 0 Å². The Kier molecular flexibility index (Phi) is 5.91. The zero-order valence-electron chi connectivity index (χ0n) is 20.1. The number of nitriles is 1. The second-order valence-electron chi connectivity index (χ2n) is 8.86.